The monoisotopic (exact) mass is 392 g/mol. The highest BCUT2D eigenvalue weighted by molar-refractivity contribution is 7.89. The number of hydrogen-bond donors (Lipinski definition) is 0. The lowest BCUT2D eigenvalue weighted by Gasteiger charge is -2.35. The molecule has 1 fully saturated rings. The van der Waals surface area contributed by atoms with Crippen LogP contribution in [0.5, 0.6) is 0 Å². The Morgan fingerprint density at radius 1 is 1.00 bits per heavy atom. The van der Waals surface area contributed by atoms with Crippen LogP contribution >= 0.6 is 11.6 Å². The van der Waals surface area contributed by atoms with Crippen molar-refractivity contribution in [1.82, 2.24) is 4.31 Å². The Morgan fingerprint density at radius 3 is 2.31 bits per heavy atom. The molecule has 2 aromatic carbocycles. The molecule has 1 aliphatic heterocycles. The Kier molecular flexibility index (Phi) is 5.61. The highest BCUT2D eigenvalue weighted by Crippen LogP contribution is 2.27. The summed E-state index contributed by atoms with van der Waals surface area (Å²) in [6.07, 6.45) is 0. The smallest absolute Gasteiger partial charge is 0.243 e. The predicted octanol–water partition coefficient (Wildman–Crippen LogP) is 4.28. The van der Waals surface area contributed by atoms with Gasteiger partial charge in [0.2, 0.25) is 10.0 Å². The van der Waals surface area contributed by atoms with Gasteiger partial charge in [0.05, 0.1) is 4.90 Å². The van der Waals surface area contributed by atoms with Gasteiger partial charge in [0, 0.05) is 36.9 Å². The maximum absolute atomic E-state index is 13.2. The number of sulfonamides is 1. The summed E-state index contributed by atoms with van der Waals surface area (Å²) in [6.45, 7) is 8.26. The summed E-state index contributed by atoms with van der Waals surface area (Å²) in [4.78, 5) is 2.61. The van der Waals surface area contributed by atoms with Gasteiger partial charge in [-0.3, -0.25) is 0 Å². The molecule has 2 aromatic rings. The molecule has 0 aliphatic carbocycles. The lowest BCUT2D eigenvalue weighted by atomic mass is 10.0. The van der Waals surface area contributed by atoms with Crippen LogP contribution in [-0.2, 0) is 10.0 Å². The van der Waals surface area contributed by atoms with E-state index in [1.165, 1.54) is 0 Å². The minimum atomic E-state index is -3.48. The van der Waals surface area contributed by atoms with Gasteiger partial charge in [0.25, 0.3) is 0 Å². The number of halogens is 1. The number of piperazine rings is 1. The van der Waals surface area contributed by atoms with Gasteiger partial charge in [-0.25, -0.2) is 8.42 Å². The van der Waals surface area contributed by atoms with Crippen molar-refractivity contribution < 1.29 is 8.42 Å². The van der Waals surface area contributed by atoms with Crippen LogP contribution in [0.4, 0.5) is 5.69 Å². The average Bonchev–Trinajstić information content (AvgIpc) is 2.62. The second-order valence-corrected chi connectivity index (χ2v) is 9.39. The number of rotatable bonds is 4. The molecule has 0 radical (unpaired) electrons. The minimum Gasteiger partial charge on any atom is -0.369 e. The number of hydrogen-bond acceptors (Lipinski definition) is 3. The fourth-order valence-corrected chi connectivity index (χ4v) is 5.12. The lowest BCUT2D eigenvalue weighted by Crippen LogP contribution is -2.48. The quantitative estimate of drug-likeness (QED) is 0.779. The van der Waals surface area contributed by atoms with Crippen LogP contribution in [0.3, 0.4) is 0 Å². The molecule has 0 bridgehead atoms. The zero-order chi connectivity index (χ0) is 18.9. The molecule has 0 atom stereocenters. The molecule has 4 nitrogen and oxygen atoms in total. The van der Waals surface area contributed by atoms with Gasteiger partial charge < -0.3 is 4.90 Å². The Labute approximate surface area is 161 Å². The Balaban J connectivity index is 1.79. The fourth-order valence-electron chi connectivity index (χ4n) is 3.25. The zero-order valence-corrected chi connectivity index (χ0v) is 17.0. The van der Waals surface area contributed by atoms with Crippen LogP contribution in [0.25, 0.3) is 0 Å². The maximum Gasteiger partial charge on any atom is 0.243 e. The Hall–Kier alpha value is -1.56. The first-order chi connectivity index (χ1) is 12.3. The molecule has 0 spiro atoms. The summed E-state index contributed by atoms with van der Waals surface area (Å²) >= 11 is 6.07. The summed E-state index contributed by atoms with van der Waals surface area (Å²) in [5.74, 6) is 0.296. The number of anilines is 1. The molecule has 140 valence electrons. The lowest BCUT2D eigenvalue weighted by molar-refractivity contribution is 0.384. The van der Waals surface area contributed by atoms with Crippen molar-refractivity contribution in [3.05, 3.63) is 58.6 Å². The molecule has 1 heterocycles. The van der Waals surface area contributed by atoms with Crippen molar-refractivity contribution in [2.75, 3.05) is 31.1 Å². The second-order valence-electron chi connectivity index (χ2n) is 7.05. The molecule has 0 amide bonds. The summed E-state index contributed by atoms with van der Waals surface area (Å²) in [5.41, 5.74) is 2.88. The standard InChI is InChI=1S/C20H25ClN2O2S/c1-15(2)17-8-7-16(3)20(13-17)26(24,25)23-11-9-22(10-12-23)19-6-4-5-18(21)14-19/h4-8,13-15H,9-12H2,1-3H3. The van der Waals surface area contributed by atoms with E-state index in [9.17, 15) is 8.42 Å². The van der Waals surface area contributed by atoms with Crippen molar-refractivity contribution in [3.63, 3.8) is 0 Å². The molecule has 0 aromatic heterocycles. The molecule has 0 unspecified atom stereocenters. The summed E-state index contributed by atoms with van der Waals surface area (Å²) < 4.78 is 27.9. The maximum atomic E-state index is 13.2. The van der Waals surface area contributed by atoms with Gasteiger partial charge in [0.15, 0.2) is 0 Å². The van der Waals surface area contributed by atoms with Crippen LogP contribution < -0.4 is 4.90 Å². The topological polar surface area (TPSA) is 40.6 Å². The molecule has 3 rings (SSSR count). The first-order valence-electron chi connectivity index (χ1n) is 8.90. The highest BCUT2D eigenvalue weighted by atomic mass is 35.5. The van der Waals surface area contributed by atoms with E-state index in [1.807, 2.05) is 49.4 Å². The third kappa shape index (κ3) is 3.90. The van der Waals surface area contributed by atoms with E-state index in [1.54, 1.807) is 4.31 Å². The van der Waals surface area contributed by atoms with E-state index in [2.05, 4.69) is 18.7 Å². The Morgan fingerprint density at radius 2 is 1.69 bits per heavy atom. The van der Waals surface area contributed by atoms with Gasteiger partial charge in [0.1, 0.15) is 0 Å². The van der Waals surface area contributed by atoms with E-state index >= 15 is 0 Å². The minimum absolute atomic E-state index is 0.296. The Bertz CT molecular complexity index is 888. The molecular weight excluding hydrogens is 368 g/mol. The molecule has 0 N–H and O–H groups in total. The van der Waals surface area contributed by atoms with E-state index in [0.29, 0.717) is 42.0 Å². The predicted molar refractivity (Wildman–Crippen MR) is 108 cm³/mol. The van der Waals surface area contributed by atoms with Gasteiger partial charge in [-0.1, -0.05) is 43.6 Å². The van der Waals surface area contributed by atoms with Crippen molar-refractivity contribution in [2.45, 2.75) is 31.6 Å². The molecule has 0 saturated carbocycles. The van der Waals surface area contributed by atoms with Crippen LogP contribution in [-0.4, -0.2) is 38.9 Å². The molecular formula is C20H25ClN2O2S. The van der Waals surface area contributed by atoms with Crippen LogP contribution in [0, 0.1) is 6.92 Å². The first kappa shape index (κ1) is 19.2. The van der Waals surface area contributed by atoms with Crippen molar-refractivity contribution >= 4 is 27.3 Å². The van der Waals surface area contributed by atoms with E-state index in [4.69, 9.17) is 11.6 Å². The normalized spacial score (nSPS) is 16.3. The molecule has 1 saturated heterocycles. The first-order valence-corrected chi connectivity index (χ1v) is 10.7. The van der Waals surface area contributed by atoms with Gasteiger partial charge >= 0.3 is 0 Å². The number of nitrogens with zero attached hydrogens (tertiary/aromatic N) is 2. The average molecular weight is 393 g/mol. The number of benzene rings is 2. The third-order valence-electron chi connectivity index (χ3n) is 4.91. The van der Waals surface area contributed by atoms with Crippen molar-refractivity contribution in [1.29, 1.82) is 0 Å². The van der Waals surface area contributed by atoms with Gasteiger partial charge in [-0.05, 0) is 48.2 Å². The van der Waals surface area contributed by atoms with Crippen LogP contribution in [0.1, 0.15) is 30.9 Å². The number of aryl methyl sites for hydroxylation is 1. The van der Waals surface area contributed by atoms with Gasteiger partial charge in [-0.15, -0.1) is 0 Å². The fraction of sp³-hybridized carbons (Fsp3) is 0.400. The second kappa shape index (κ2) is 7.59. The summed E-state index contributed by atoms with van der Waals surface area (Å²) in [7, 11) is -3.48. The van der Waals surface area contributed by atoms with Gasteiger partial charge in [-0.2, -0.15) is 4.31 Å². The molecule has 26 heavy (non-hydrogen) atoms. The van der Waals surface area contributed by atoms with E-state index in [-0.39, 0.29) is 0 Å². The zero-order valence-electron chi connectivity index (χ0n) is 15.4. The molecule has 6 heteroatoms. The van der Waals surface area contributed by atoms with E-state index < -0.39 is 10.0 Å². The largest absolute Gasteiger partial charge is 0.369 e. The van der Waals surface area contributed by atoms with Crippen molar-refractivity contribution in [3.8, 4) is 0 Å². The van der Waals surface area contributed by atoms with E-state index in [0.717, 1.165) is 16.8 Å². The van der Waals surface area contributed by atoms with Crippen LogP contribution in [0.2, 0.25) is 5.02 Å². The van der Waals surface area contributed by atoms with Crippen molar-refractivity contribution in [2.24, 2.45) is 0 Å². The third-order valence-corrected chi connectivity index (χ3v) is 7.18. The highest BCUT2D eigenvalue weighted by Gasteiger charge is 2.30. The summed E-state index contributed by atoms with van der Waals surface area (Å²) in [5, 5.41) is 0.693. The summed E-state index contributed by atoms with van der Waals surface area (Å²) in [6, 6.07) is 13.4. The van der Waals surface area contributed by atoms with Crippen LogP contribution in [0.15, 0.2) is 47.4 Å². The molecule has 1 aliphatic rings. The SMILES string of the molecule is Cc1ccc(C(C)C)cc1S(=O)(=O)N1CCN(c2cccc(Cl)c2)CC1.